The number of amides is 1. The van der Waals surface area contributed by atoms with Crippen molar-refractivity contribution >= 4 is 5.91 Å². The minimum absolute atomic E-state index is 0.00593. The van der Waals surface area contributed by atoms with E-state index in [1.807, 2.05) is 38.4 Å². The van der Waals surface area contributed by atoms with Crippen molar-refractivity contribution in [3.05, 3.63) is 29.8 Å². The molecule has 1 N–H and O–H groups in total. The second kappa shape index (κ2) is 8.55. The van der Waals surface area contributed by atoms with E-state index in [1.165, 1.54) is 0 Å². The van der Waals surface area contributed by atoms with Crippen LogP contribution in [-0.4, -0.2) is 52.3 Å². The minimum Gasteiger partial charge on any atom is -0.496 e. The van der Waals surface area contributed by atoms with Crippen molar-refractivity contribution in [1.82, 2.24) is 10.2 Å². The van der Waals surface area contributed by atoms with E-state index in [0.29, 0.717) is 19.6 Å². The molecule has 0 saturated carbocycles. The van der Waals surface area contributed by atoms with Crippen LogP contribution in [0.25, 0.3) is 0 Å². The molecule has 1 atom stereocenters. The molecule has 0 unspecified atom stereocenters. The molecule has 5 heteroatoms. The third-order valence-corrected chi connectivity index (χ3v) is 3.15. The molecule has 0 aliphatic heterocycles. The zero-order valence-corrected chi connectivity index (χ0v) is 12.7. The second-order valence-corrected chi connectivity index (χ2v) is 4.77. The third kappa shape index (κ3) is 4.83. The van der Waals surface area contributed by atoms with E-state index in [4.69, 9.17) is 9.47 Å². The molecule has 0 heterocycles. The van der Waals surface area contributed by atoms with Crippen LogP contribution in [0, 0.1) is 0 Å². The molecule has 0 bridgehead atoms. The van der Waals surface area contributed by atoms with Gasteiger partial charge in [-0.2, -0.15) is 0 Å². The maximum Gasteiger partial charge on any atom is 0.222 e. The largest absolute Gasteiger partial charge is 0.496 e. The summed E-state index contributed by atoms with van der Waals surface area (Å²) in [7, 11) is 7.21. The van der Waals surface area contributed by atoms with E-state index >= 15 is 0 Å². The van der Waals surface area contributed by atoms with Gasteiger partial charge < -0.3 is 19.7 Å². The molecule has 0 aliphatic carbocycles. The Bertz CT molecular complexity index is 421. The predicted octanol–water partition coefficient (Wildman–Crippen LogP) is 1.45. The summed E-state index contributed by atoms with van der Waals surface area (Å²) in [5.74, 6) is 0.825. The van der Waals surface area contributed by atoms with Gasteiger partial charge in [0.15, 0.2) is 0 Å². The molecule has 5 nitrogen and oxygen atoms in total. The van der Waals surface area contributed by atoms with Crippen molar-refractivity contribution < 1.29 is 14.3 Å². The highest BCUT2D eigenvalue weighted by Gasteiger charge is 2.18. The van der Waals surface area contributed by atoms with Gasteiger partial charge in [-0.25, -0.2) is 0 Å². The number of benzene rings is 1. The number of para-hydroxylation sites is 1. The van der Waals surface area contributed by atoms with Gasteiger partial charge in [0.05, 0.1) is 19.8 Å². The van der Waals surface area contributed by atoms with Crippen LogP contribution in [0.5, 0.6) is 5.75 Å². The molecule has 1 amide bonds. The molecule has 0 radical (unpaired) electrons. The van der Waals surface area contributed by atoms with E-state index in [-0.39, 0.29) is 11.9 Å². The van der Waals surface area contributed by atoms with Crippen molar-refractivity contribution in [2.45, 2.75) is 12.5 Å². The number of rotatable bonds is 8. The van der Waals surface area contributed by atoms with Gasteiger partial charge in [-0.05, 0) is 20.2 Å². The first-order valence-corrected chi connectivity index (χ1v) is 6.65. The summed E-state index contributed by atoms with van der Waals surface area (Å²) in [5.41, 5.74) is 1.06. The molecule has 0 aliphatic rings. The Balaban J connectivity index is 2.72. The number of carbonyl (C=O) groups excluding carboxylic acids is 1. The molecular formula is C15H24N2O3. The summed E-state index contributed by atoms with van der Waals surface area (Å²) >= 11 is 0. The highest BCUT2D eigenvalue weighted by molar-refractivity contribution is 5.76. The maximum absolute atomic E-state index is 11.7. The summed E-state index contributed by atoms with van der Waals surface area (Å²) < 4.78 is 10.3. The molecule has 1 rings (SSSR count). The Labute approximate surface area is 120 Å². The molecular weight excluding hydrogens is 256 g/mol. The fraction of sp³-hybridized carbons (Fsp3) is 0.533. The van der Waals surface area contributed by atoms with Gasteiger partial charge in [-0.15, -0.1) is 0 Å². The number of nitrogens with zero attached hydrogens (tertiary/aromatic N) is 1. The van der Waals surface area contributed by atoms with Gasteiger partial charge in [-0.3, -0.25) is 4.79 Å². The average molecular weight is 280 g/mol. The monoisotopic (exact) mass is 280 g/mol. The number of hydrogen-bond donors (Lipinski definition) is 1. The fourth-order valence-corrected chi connectivity index (χ4v) is 2.01. The number of hydrogen-bond acceptors (Lipinski definition) is 4. The predicted molar refractivity (Wildman–Crippen MR) is 78.9 cm³/mol. The van der Waals surface area contributed by atoms with E-state index in [9.17, 15) is 4.79 Å². The van der Waals surface area contributed by atoms with Gasteiger partial charge in [0, 0.05) is 25.6 Å². The Morgan fingerprint density at radius 1 is 1.30 bits per heavy atom. The van der Waals surface area contributed by atoms with Crippen LogP contribution in [0.1, 0.15) is 18.0 Å². The van der Waals surface area contributed by atoms with E-state index in [0.717, 1.165) is 11.3 Å². The quantitative estimate of drug-likeness (QED) is 0.783. The third-order valence-electron chi connectivity index (χ3n) is 3.15. The van der Waals surface area contributed by atoms with Crippen LogP contribution in [0.15, 0.2) is 24.3 Å². The number of likely N-dealkylation sites (N-methyl/N-ethyl adjacent to an activating group) is 1. The van der Waals surface area contributed by atoms with Crippen LogP contribution >= 0.6 is 0 Å². The normalized spacial score (nSPS) is 12.2. The van der Waals surface area contributed by atoms with Crippen LogP contribution in [0.2, 0.25) is 0 Å². The highest BCUT2D eigenvalue weighted by atomic mass is 16.5. The molecule has 0 aromatic heterocycles. The Morgan fingerprint density at radius 3 is 2.60 bits per heavy atom. The lowest BCUT2D eigenvalue weighted by Crippen LogP contribution is -2.35. The molecule has 1 aromatic carbocycles. The van der Waals surface area contributed by atoms with E-state index in [2.05, 4.69) is 10.2 Å². The summed E-state index contributed by atoms with van der Waals surface area (Å²) in [6.07, 6.45) is 0.378. The second-order valence-electron chi connectivity index (χ2n) is 4.77. The lowest BCUT2D eigenvalue weighted by molar-refractivity contribution is -0.122. The zero-order valence-electron chi connectivity index (χ0n) is 12.7. The van der Waals surface area contributed by atoms with E-state index in [1.54, 1.807) is 14.2 Å². The first-order chi connectivity index (χ1) is 9.60. The summed E-state index contributed by atoms with van der Waals surface area (Å²) in [4.78, 5) is 13.7. The molecule has 0 spiro atoms. The smallest absolute Gasteiger partial charge is 0.222 e. The van der Waals surface area contributed by atoms with Gasteiger partial charge in [0.25, 0.3) is 0 Å². The Hall–Kier alpha value is -1.59. The SMILES string of the molecule is COCCC(=O)NC[C@H](c1ccccc1OC)N(C)C. The molecule has 112 valence electrons. The molecule has 20 heavy (non-hydrogen) atoms. The lowest BCUT2D eigenvalue weighted by atomic mass is 10.0. The van der Waals surface area contributed by atoms with Gasteiger partial charge >= 0.3 is 0 Å². The number of nitrogens with one attached hydrogen (secondary N) is 1. The van der Waals surface area contributed by atoms with Crippen LogP contribution in [0.3, 0.4) is 0 Å². The maximum atomic E-state index is 11.7. The van der Waals surface area contributed by atoms with Crippen LogP contribution in [-0.2, 0) is 9.53 Å². The number of ether oxygens (including phenoxy) is 2. The molecule has 0 saturated heterocycles. The first-order valence-electron chi connectivity index (χ1n) is 6.65. The fourth-order valence-electron chi connectivity index (χ4n) is 2.01. The van der Waals surface area contributed by atoms with Crippen molar-refractivity contribution in [3.8, 4) is 5.75 Å². The van der Waals surface area contributed by atoms with E-state index < -0.39 is 0 Å². The molecule has 1 aromatic rings. The highest BCUT2D eigenvalue weighted by Crippen LogP contribution is 2.27. The minimum atomic E-state index is -0.00593. The summed E-state index contributed by atoms with van der Waals surface area (Å²) in [6, 6.07) is 7.93. The van der Waals surface area contributed by atoms with Gasteiger partial charge in [0.2, 0.25) is 5.91 Å². The Morgan fingerprint density at radius 2 is 2.00 bits per heavy atom. The standard InChI is InChI=1S/C15H24N2O3/c1-17(2)13(11-16-15(18)9-10-19-3)12-7-5-6-8-14(12)20-4/h5-8,13H,9-11H2,1-4H3,(H,16,18)/t13-/m1/s1. The van der Waals surface area contributed by atoms with Gasteiger partial charge in [-0.1, -0.05) is 18.2 Å². The summed E-state index contributed by atoms with van der Waals surface area (Å²) in [5, 5.41) is 2.93. The van der Waals surface area contributed by atoms with Crippen LogP contribution < -0.4 is 10.1 Å². The van der Waals surface area contributed by atoms with Crippen molar-refractivity contribution in [1.29, 1.82) is 0 Å². The molecule has 0 fully saturated rings. The van der Waals surface area contributed by atoms with Gasteiger partial charge in [0.1, 0.15) is 5.75 Å². The summed E-state index contributed by atoms with van der Waals surface area (Å²) in [6.45, 7) is 0.975. The van der Waals surface area contributed by atoms with Crippen molar-refractivity contribution in [2.75, 3.05) is 41.5 Å². The Kier molecular flexibility index (Phi) is 7.04. The average Bonchev–Trinajstić information content (AvgIpc) is 2.45. The van der Waals surface area contributed by atoms with Crippen molar-refractivity contribution in [2.24, 2.45) is 0 Å². The topological polar surface area (TPSA) is 50.8 Å². The zero-order chi connectivity index (χ0) is 15.0. The first kappa shape index (κ1) is 16.5. The number of carbonyl (C=O) groups is 1. The van der Waals surface area contributed by atoms with Crippen molar-refractivity contribution in [3.63, 3.8) is 0 Å². The van der Waals surface area contributed by atoms with Crippen LogP contribution in [0.4, 0.5) is 0 Å². The number of methoxy groups -OCH3 is 2. The lowest BCUT2D eigenvalue weighted by Gasteiger charge is -2.26.